The second kappa shape index (κ2) is 6.33. The van der Waals surface area contributed by atoms with Crippen molar-refractivity contribution in [2.45, 2.75) is 51.5 Å². The summed E-state index contributed by atoms with van der Waals surface area (Å²) in [4.78, 5) is 2.56. The molecule has 2 nitrogen and oxygen atoms in total. The van der Waals surface area contributed by atoms with Crippen molar-refractivity contribution in [2.75, 3.05) is 25.1 Å². The van der Waals surface area contributed by atoms with E-state index in [0.29, 0.717) is 6.04 Å². The van der Waals surface area contributed by atoms with Gasteiger partial charge in [-0.15, -0.1) is 0 Å². The lowest BCUT2D eigenvalue weighted by Crippen LogP contribution is -2.41. The Bertz CT molecular complexity index is 259. The Morgan fingerprint density at radius 3 is 2.41 bits per heavy atom. The first-order valence-electron chi connectivity index (χ1n) is 7.22. The van der Waals surface area contributed by atoms with Gasteiger partial charge in [0, 0.05) is 34.9 Å². The van der Waals surface area contributed by atoms with Crippen molar-refractivity contribution in [3.63, 3.8) is 0 Å². The minimum absolute atomic E-state index is 0.518. The summed E-state index contributed by atoms with van der Waals surface area (Å²) in [6.07, 6.45) is 7.99. The molecule has 2 rings (SSSR count). The molecule has 1 aliphatic carbocycles. The molecular formula is C14H27NOS. The van der Waals surface area contributed by atoms with E-state index in [9.17, 15) is 4.21 Å². The zero-order valence-corrected chi connectivity index (χ0v) is 12.2. The first-order valence-corrected chi connectivity index (χ1v) is 8.71. The van der Waals surface area contributed by atoms with Crippen LogP contribution in [0, 0.1) is 11.8 Å². The zero-order valence-electron chi connectivity index (χ0n) is 11.4. The predicted molar refractivity (Wildman–Crippen MR) is 74.7 cm³/mol. The van der Waals surface area contributed by atoms with Gasteiger partial charge in [0.2, 0.25) is 0 Å². The van der Waals surface area contributed by atoms with Crippen LogP contribution in [0.25, 0.3) is 0 Å². The molecule has 2 aliphatic rings. The smallest absolute Gasteiger partial charge is 0.0249 e. The van der Waals surface area contributed by atoms with Crippen LogP contribution in [0.5, 0.6) is 0 Å². The summed E-state index contributed by atoms with van der Waals surface area (Å²) < 4.78 is 11.4. The van der Waals surface area contributed by atoms with Gasteiger partial charge in [0.05, 0.1) is 0 Å². The van der Waals surface area contributed by atoms with Crippen molar-refractivity contribution < 1.29 is 4.21 Å². The van der Waals surface area contributed by atoms with E-state index in [0.717, 1.165) is 36.2 Å². The fraction of sp³-hybridized carbons (Fsp3) is 1.00. The maximum absolute atomic E-state index is 11.4. The molecule has 0 radical (unpaired) electrons. The van der Waals surface area contributed by atoms with E-state index in [1.165, 1.54) is 32.2 Å². The van der Waals surface area contributed by atoms with Crippen LogP contribution in [-0.4, -0.2) is 40.2 Å². The summed E-state index contributed by atoms with van der Waals surface area (Å²) in [5, 5.41) is 0. The molecule has 0 spiro atoms. The van der Waals surface area contributed by atoms with Crippen molar-refractivity contribution >= 4 is 10.8 Å². The van der Waals surface area contributed by atoms with E-state index in [2.05, 4.69) is 18.9 Å². The number of rotatable bonds is 3. The highest BCUT2D eigenvalue weighted by atomic mass is 32.2. The molecule has 0 bridgehead atoms. The average molecular weight is 257 g/mol. The van der Waals surface area contributed by atoms with E-state index in [1.807, 2.05) is 0 Å². The second-order valence-corrected chi connectivity index (χ2v) is 7.74. The number of nitrogens with zero attached hydrogens (tertiary/aromatic N) is 1. The standard InChI is InChI=1S/C14H27NOS/c1-12-5-3-4-6-13(12)11-15(2)14-7-9-17(16)10-8-14/h12-14H,3-11H2,1-2H3/t12-,13+,14?,17?/m1/s1. The third kappa shape index (κ3) is 3.78. The van der Waals surface area contributed by atoms with Gasteiger partial charge in [-0.1, -0.05) is 26.2 Å². The van der Waals surface area contributed by atoms with Crippen LogP contribution >= 0.6 is 0 Å². The van der Waals surface area contributed by atoms with Gasteiger partial charge in [-0.3, -0.25) is 4.21 Å². The largest absolute Gasteiger partial charge is 0.303 e. The van der Waals surface area contributed by atoms with Crippen LogP contribution in [0.1, 0.15) is 45.4 Å². The predicted octanol–water partition coefficient (Wildman–Crippen LogP) is 2.66. The topological polar surface area (TPSA) is 20.3 Å². The molecule has 0 aromatic heterocycles. The Balaban J connectivity index is 1.79. The fourth-order valence-electron chi connectivity index (χ4n) is 3.41. The molecule has 1 aliphatic heterocycles. The van der Waals surface area contributed by atoms with E-state index >= 15 is 0 Å². The molecule has 1 heterocycles. The van der Waals surface area contributed by atoms with Gasteiger partial charge in [0.25, 0.3) is 0 Å². The molecule has 2 fully saturated rings. The zero-order chi connectivity index (χ0) is 12.3. The van der Waals surface area contributed by atoms with Crippen molar-refractivity contribution in [3.05, 3.63) is 0 Å². The normalized spacial score (nSPS) is 39.5. The van der Waals surface area contributed by atoms with E-state index in [4.69, 9.17) is 0 Å². The van der Waals surface area contributed by atoms with E-state index in [-0.39, 0.29) is 0 Å². The van der Waals surface area contributed by atoms with Gasteiger partial charge in [-0.25, -0.2) is 0 Å². The lowest BCUT2D eigenvalue weighted by Gasteiger charge is -2.37. The summed E-state index contributed by atoms with van der Waals surface area (Å²) in [6, 6.07) is 0.696. The average Bonchev–Trinajstić information content (AvgIpc) is 2.33. The van der Waals surface area contributed by atoms with Crippen LogP contribution in [0.15, 0.2) is 0 Å². The van der Waals surface area contributed by atoms with E-state index in [1.54, 1.807) is 0 Å². The maximum Gasteiger partial charge on any atom is 0.0249 e. The molecule has 0 unspecified atom stereocenters. The molecule has 0 aromatic rings. The number of hydrogen-bond donors (Lipinski definition) is 0. The summed E-state index contributed by atoms with van der Waals surface area (Å²) in [7, 11) is 1.76. The molecule has 0 N–H and O–H groups in total. The summed E-state index contributed by atoms with van der Waals surface area (Å²) in [5.74, 6) is 3.66. The minimum Gasteiger partial charge on any atom is -0.303 e. The highest BCUT2D eigenvalue weighted by molar-refractivity contribution is 7.85. The van der Waals surface area contributed by atoms with Crippen LogP contribution in [0.2, 0.25) is 0 Å². The minimum atomic E-state index is -0.518. The van der Waals surface area contributed by atoms with Gasteiger partial charge < -0.3 is 4.90 Å². The monoisotopic (exact) mass is 257 g/mol. The van der Waals surface area contributed by atoms with Gasteiger partial charge in [-0.05, 0) is 38.1 Å². The summed E-state index contributed by atoms with van der Waals surface area (Å²) in [5.41, 5.74) is 0. The van der Waals surface area contributed by atoms with Crippen molar-refractivity contribution in [1.29, 1.82) is 0 Å². The Morgan fingerprint density at radius 2 is 1.76 bits per heavy atom. The fourth-order valence-corrected chi connectivity index (χ4v) is 4.68. The van der Waals surface area contributed by atoms with Gasteiger partial charge in [-0.2, -0.15) is 0 Å². The number of hydrogen-bond acceptors (Lipinski definition) is 2. The van der Waals surface area contributed by atoms with Crippen molar-refractivity contribution in [2.24, 2.45) is 11.8 Å². The Morgan fingerprint density at radius 1 is 1.12 bits per heavy atom. The first kappa shape index (κ1) is 13.5. The van der Waals surface area contributed by atoms with Crippen molar-refractivity contribution in [1.82, 2.24) is 4.90 Å². The van der Waals surface area contributed by atoms with Crippen LogP contribution in [-0.2, 0) is 10.8 Å². The molecule has 1 saturated heterocycles. The molecule has 0 aromatic carbocycles. The Labute approximate surface area is 109 Å². The molecular weight excluding hydrogens is 230 g/mol. The molecule has 2 atom stereocenters. The third-order valence-electron chi connectivity index (χ3n) is 4.79. The lowest BCUT2D eigenvalue weighted by atomic mass is 9.80. The van der Waals surface area contributed by atoms with Gasteiger partial charge in [0.1, 0.15) is 0 Å². The summed E-state index contributed by atoms with van der Waals surface area (Å²) >= 11 is 0. The third-order valence-corrected chi connectivity index (χ3v) is 6.17. The van der Waals surface area contributed by atoms with Gasteiger partial charge >= 0.3 is 0 Å². The summed E-state index contributed by atoms with van der Waals surface area (Å²) in [6.45, 7) is 3.69. The highest BCUT2D eigenvalue weighted by Crippen LogP contribution is 2.30. The lowest BCUT2D eigenvalue weighted by molar-refractivity contribution is 0.141. The molecule has 1 saturated carbocycles. The quantitative estimate of drug-likeness (QED) is 0.775. The van der Waals surface area contributed by atoms with Crippen molar-refractivity contribution in [3.8, 4) is 0 Å². The SMILES string of the molecule is C[C@@H]1CCCC[C@H]1CN(C)C1CCS(=O)CC1. The molecule has 17 heavy (non-hydrogen) atoms. The van der Waals surface area contributed by atoms with Gasteiger partial charge in [0.15, 0.2) is 0 Å². The second-order valence-electron chi connectivity index (χ2n) is 6.04. The first-order chi connectivity index (χ1) is 8.16. The Kier molecular flexibility index (Phi) is 5.04. The highest BCUT2D eigenvalue weighted by Gasteiger charge is 2.27. The maximum atomic E-state index is 11.4. The molecule has 3 heteroatoms. The van der Waals surface area contributed by atoms with Crippen LogP contribution in [0.3, 0.4) is 0 Å². The van der Waals surface area contributed by atoms with Crippen LogP contribution < -0.4 is 0 Å². The molecule has 100 valence electrons. The van der Waals surface area contributed by atoms with Crippen LogP contribution in [0.4, 0.5) is 0 Å². The van der Waals surface area contributed by atoms with E-state index < -0.39 is 10.8 Å². The molecule has 0 amide bonds. The Hall–Kier alpha value is 0.110.